The minimum Gasteiger partial charge on any atom is -0.508 e. The number of rotatable bonds is 1. The number of hydrogen-bond acceptors (Lipinski definition) is 4. The van der Waals surface area contributed by atoms with Gasteiger partial charge in [-0.15, -0.1) is 0 Å². The van der Waals surface area contributed by atoms with Crippen molar-refractivity contribution in [2.75, 3.05) is 7.11 Å². The highest BCUT2D eigenvalue weighted by molar-refractivity contribution is 5.83. The van der Waals surface area contributed by atoms with Crippen LogP contribution in [0.1, 0.15) is 18.7 Å². The molecule has 5 heteroatoms. The molecule has 0 radical (unpaired) electrons. The topological polar surface area (TPSA) is 68.5 Å². The van der Waals surface area contributed by atoms with Gasteiger partial charge >= 0.3 is 5.97 Å². The van der Waals surface area contributed by atoms with Crippen LogP contribution >= 0.6 is 0 Å². The van der Waals surface area contributed by atoms with E-state index in [0.29, 0.717) is 5.69 Å². The number of aromatic nitrogens is 1. The second kappa shape index (κ2) is 3.52. The molecule has 0 fully saturated rings. The molecule has 1 aromatic heterocycles. The lowest BCUT2D eigenvalue weighted by Gasteiger charge is -2.11. The molecule has 0 aliphatic carbocycles. The SMILES string of the molecule is COC(=O)[C@@H]1C=C(C)c2cc(O)cc(=O)n21. The maximum atomic E-state index is 11.7. The third-order valence-electron chi connectivity index (χ3n) is 2.59. The monoisotopic (exact) mass is 221 g/mol. The van der Waals surface area contributed by atoms with Crippen molar-refractivity contribution in [3.63, 3.8) is 0 Å². The number of hydrogen-bond donors (Lipinski definition) is 1. The Morgan fingerprint density at radius 1 is 1.50 bits per heavy atom. The Bertz CT molecular complexity index is 541. The average Bonchev–Trinajstić information content (AvgIpc) is 2.55. The fourth-order valence-corrected chi connectivity index (χ4v) is 1.85. The quantitative estimate of drug-likeness (QED) is 0.708. The van der Waals surface area contributed by atoms with Gasteiger partial charge in [-0.25, -0.2) is 4.79 Å². The zero-order valence-corrected chi connectivity index (χ0v) is 8.93. The summed E-state index contributed by atoms with van der Waals surface area (Å²) >= 11 is 0. The molecule has 2 rings (SSSR count). The van der Waals surface area contributed by atoms with Gasteiger partial charge in [0.05, 0.1) is 12.8 Å². The Morgan fingerprint density at radius 2 is 2.19 bits per heavy atom. The van der Waals surface area contributed by atoms with Crippen molar-refractivity contribution < 1.29 is 14.6 Å². The largest absolute Gasteiger partial charge is 0.508 e. The summed E-state index contributed by atoms with van der Waals surface area (Å²) in [5.74, 6) is -0.597. The van der Waals surface area contributed by atoms with Gasteiger partial charge in [0.15, 0.2) is 6.04 Å². The number of allylic oxidation sites excluding steroid dienone is 1. The Morgan fingerprint density at radius 3 is 2.81 bits per heavy atom. The molecule has 16 heavy (non-hydrogen) atoms. The van der Waals surface area contributed by atoms with Gasteiger partial charge in [0, 0.05) is 12.1 Å². The summed E-state index contributed by atoms with van der Waals surface area (Å²) < 4.78 is 5.93. The van der Waals surface area contributed by atoms with Gasteiger partial charge in [0.25, 0.3) is 5.56 Å². The molecule has 2 heterocycles. The average molecular weight is 221 g/mol. The van der Waals surface area contributed by atoms with E-state index in [2.05, 4.69) is 4.74 Å². The van der Waals surface area contributed by atoms with Gasteiger partial charge < -0.3 is 9.84 Å². The number of pyridine rings is 1. The third kappa shape index (κ3) is 1.41. The summed E-state index contributed by atoms with van der Waals surface area (Å²) in [6, 6.07) is 1.80. The first-order valence-electron chi connectivity index (χ1n) is 4.77. The molecule has 0 bridgehead atoms. The van der Waals surface area contributed by atoms with E-state index in [0.717, 1.165) is 11.6 Å². The Balaban J connectivity index is 2.64. The lowest BCUT2D eigenvalue weighted by molar-refractivity contribution is -0.143. The van der Waals surface area contributed by atoms with Crippen LogP contribution < -0.4 is 5.56 Å². The van der Waals surface area contributed by atoms with E-state index in [9.17, 15) is 14.7 Å². The van der Waals surface area contributed by atoms with Crippen LogP contribution in [-0.2, 0) is 9.53 Å². The maximum absolute atomic E-state index is 11.7. The number of aromatic hydroxyl groups is 1. The standard InChI is InChI=1S/C11H11NO4/c1-6-3-9(11(15)16-2)12-8(6)4-7(13)5-10(12)14/h3-5,9,13H,1-2H3/t9-/m0/s1. The molecule has 0 saturated heterocycles. The van der Waals surface area contributed by atoms with Crippen LogP contribution in [0.4, 0.5) is 0 Å². The van der Waals surface area contributed by atoms with Crippen LogP contribution in [0.3, 0.4) is 0 Å². The van der Waals surface area contributed by atoms with Crippen molar-refractivity contribution in [3.05, 3.63) is 34.3 Å². The molecule has 0 saturated carbocycles. The predicted octanol–water partition coefficient (Wildman–Crippen LogP) is 0.685. The Hall–Kier alpha value is -2.04. The van der Waals surface area contributed by atoms with Crippen molar-refractivity contribution >= 4 is 11.5 Å². The van der Waals surface area contributed by atoms with Crippen molar-refractivity contribution in [2.24, 2.45) is 0 Å². The highest BCUT2D eigenvalue weighted by Crippen LogP contribution is 2.29. The van der Waals surface area contributed by atoms with E-state index in [-0.39, 0.29) is 5.75 Å². The first-order valence-corrected chi connectivity index (χ1v) is 4.77. The molecule has 0 amide bonds. The third-order valence-corrected chi connectivity index (χ3v) is 2.59. The summed E-state index contributed by atoms with van der Waals surface area (Å²) in [7, 11) is 1.27. The van der Waals surface area contributed by atoms with Gasteiger partial charge in [0.1, 0.15) is 5.75 Å². The number of carbonyl (C=O) groups is 1. The van der Waals surface area contributed by atoms with E-state index in [4.69, 9.17) is 0 Å². The molecule has 0 unspecified atom stereocenters. The fraction of sp³-hybridized carbons (Fsp3) is 0.273. The number of fused-ring (bicyclic) bond motifs is 1. The lowest BCUT2D eigenvalue weighted by Crippen LogP contribution is -2.28. The second-order valence-corrected chi connectivity index (χ2v) is 3.62. The second-order valence-electron chi connectivity index (χ2n) is 3.62. The molecule has 1 aliphatic rings. The van der Waals surface area contributed by atoms with E-state index in [1.165, 1.54) is 17.7 Å². The molecule has 1 aliphatic heterocycles. The van der Waals surface area contributed by atoms with E-state index < -0.39 is 17.6 Å². The van der Waals surface area contributed by atoms with Gasteiger partial charge in [-0.1, -0.05) is 0 Å². The Labute approximate surface area is 91.6 Å². The molecular formula is C11H11NO4. The zero-order valence-electron chi connectivity index (χ0n) is 8.93. The van der Waals surface area contributed by atoms with Crippen molar-refractivity contribution in [3.8, 4) is 5.75 Å². The van der Waals surface area contributed by atoms with Crippen LogP contribution in [-0.4, -0.2) is 22.8 Å². The van der Waals surface area contributed by atoms with Gasteiger partial charge in [-0.3, -0.25) is 9.36 Å². The normalized spacial score (nSPS) is 17.9. The molecule has 1 aromatic rings. The highest BCUT2D eigenvalue weighted by Gasteiger charge is 2.28. The summed E-state index contributed by atoms with van der Waals surface area (Å²) in [4.78, 5) is 23.1. The molecule has 5 nitrogen and oxygen atoms in total. The predicted molar refractivity (Wildman–Crippen MR) is 57.1 cm³/mol. The summed E-state index contributed by atoms with van der Waals surface area (Å²) in [6.07, 6.45) is 1.64. The van der Waals surface area contributed by atoms with Crippen LogP contribution in [0, 0.1) is 0 Å². The zero-order chi connectivity index (χ0) is 11.9. The van der Waals surface area contributed by atoms with Crippen LogP contribution in [0.5, 0.6) is 5.75 Å². The van der Waals surface area contributed by atoms with Crippen LogP contribution in [0.25, 0.3) is 5.57 Å². The van der Waals surface area contributed by atoms with Crippen molar-refractivity contribution in [1.29, 1.82) is 0 Å². The van der Waals surface area contributed by atoms with Crippen LogP contribution in [0.15, 0.2) is 23.0 Å². The van der Waals surface area contributed by atoms with Gasteiger partial charge in [-0.05, 0) is 18.6 Å². The summed E-state index contributed by atoms with van der Waals surface area (Å²) in [5.41, 5.74) is 0.891. The lowest BCUT2D eigenvalue weighted by atomic mass is 10.2. The van der Waals surface area contributed by atoms with E-state index in [1.54, 1.807) is 13.0 Å². The van der Waals surface area contributed by atoms with Gasteiger partial charge in [0.2, 0.25) is 0 Å². The molecule has 0 spiro atoms. The smallest absolute Gasteiger partial charge is 0.333 e. The molecule has 1 atom stereocenters. The maximum Gasteiger partial charge on any atom is 0.333 e. The summed E-state index contributed by atoms with van der Waals surface area (Å²) in [6.45, 7) is 1.77. The Kier molecular flexibility index (Phi) is 2.30. The van der Waals surface area contributed by atoms with Crippen molar-refractivity contribution in [2.45, 2.75) is 13.0 Å². The minimum atomic E-state index is -0.729. The molecule has 84 valence electrons. The number of methoxy groups -OCH3 is 1. The first-order chi connectivity index (χ1) is 7.54. The number of esters is 1. The number of ether oxygens (including phenoxy) is 1. The number of carbonyl (C=O) groups excluding carboxylic acids is 1. The number of nitrogens with zero attached hydrogens (tertiary/aromatic N) is 1. The van der Waals surface area contributed by atoms with E-state index >= 15 is 0 Å². The van der Waals surface area contributed by atoms with Crippen LogP contribution in [0.2, 0.25) is 0 Å². The molecule has 1 N–H and O–H groups in total. The summed E-state index contributed by atoms with van der Waals surface area (Å²) in [5, 5.41) is 9.32. The minimum absolute atomic E-state index is 0.102. The molecule has 0 aromatic carbocycles. The van der Waals surface area contributed by atoms with E-state index in [1.807, 2.05) is 0 Å². The fourth-order valence-electron chi connectivity index (χ4n) is 1.85. The highest BCUT2D eigenvalue weighted by atomic mass is 16.5. The first kappa shape index (κ1) is 10.5. The van der Waals surface area contributed by atoms with Gasteiger partial charge in [-0.2, -0.15) is 0 Å². The van der Waals surface area contributed by atoms with Crippen molar-refractivity contribution in [1.82, 2.24) is 4.57 Å². The molecular weight excluding hydrogens is 210 g/mol.